The van der Waals surface area contributed by atoms with Gasteiger partial charge in [-0.15, -0.1) is 0 Å². The molecule has 0 aromatic heterocycles. The van der Waals surface area contributed by atoms with E-state index in [2.05, 4.69) is 21.2 Å². The molecule has 0 heterocycles. The number of aryl methyl sites for hydroxylation is 1. The molecule has 0 atom stereocenters. The van der Waals surface area contributed by atoms with E-state index in [4.69, 9.17) is 0 Å². The lowest BCUT2D eigenvalue weighted by atomic mass is 10.1. The summed E-state index contributed by atoms with van der Waals surface area (Å²) in [5.74, 6) is -0.434. The Hall–Kier alpha value is -1.68. The monoisotopic (exact) mass is 321 g/mol. The van der Waals surface area contributed by atoms with E-state index in [0.717, 1.165) is 10.0 Å². The highest BCUT2D eigenvalue weighted by Gasteiger charge is 2.06. The van der Waals surface area contributed by atoms with Crippen LogP contribution in [0.1, 0.15) is 21.5 Å². The SMILES string of the molecule is Cc1ccc(CNC(=O)c2cccc(Br)c2)cc1F. The fourth-order valence-corrected chi connectivity index (χ4v) is 2.06. The lowest BCUT2D eigenvalue weighted by Gasteiger charge is -2.06. The predicted molar refractivity (Wildman–Crippen MR) is 76.4 cm³/mol. The first-order chi connectivity index (χ1) is 9.06. The van der Waals surface area contributed by atoms with Gasteiger partial charge in [0.15, 0.2) is 0 Å². The molecule has 4 heteroatoms. The molecule has 0 saturated heterocycles. The number of hydrogen-bond donors (Lipinski definition) is 1. The van der Waals surface area contributed by atoms with Crippen molar-refractivity contribution in [1.29, 1.82) is 0 Å². The number of nitrogens with one attached hydrogen (secondary N) is 1. The molecule has 0 unspecified atom stereocenters. The quantitative estimate of drug-likeness (QED) is 0.914. The average molecular weight is 322 g/mol. The Labute approximate surface area is 119 Å². The van der Waals surface area contributed by atoms with Crippen molar-refractivity contribution < 1.29 is 9.18 Å². The van der Waals surface area contributed by atoms with Gasteiger partial charge in [-0.25, -0.2) is 4.39 Å². The third kappa shape index (κ3) is 3.64. The van der Waals surface area contributed by atoms with Crippen LogP contribution in [0.3, 0.4) is 0 Å². The molecule has 0 fully saturated rings. The van der Waals surface area contributed by atoms with Crippen molar-refractivity contribution in [2.24, 2.45) is 0 Å². The van der Waals surface area contributed by atoms with Crippen LogP contribution in [0.15, 0.2) is 46.9 Å². The molecule has 0 saturated carbocycles. The highest BCUT2D eigenvalue weighted by atomic mass is 79.9. The molecule has 2 aromatic rings. The molecule has 1 N–H and O–H groups in total. The van der Waals surface area contributed by atoms with Gasteiger partial charge in [0.2, 0.25) is 0 Å². The minimum Gasteiger partial charge on any atom is -0.348 e. The lowest BCUT2D eigenvalue weighted by molar-refractivity contribution is 0.0951. The summed E-state index contributed by atoms with van der Waals surface area (Å²) in [5, 5.41) is 2.76. The number of carbonyl (C=O) groups excluding carboxylic acids is 1. The highest BCUT2D eigenvalue weighted by molar-refractivity contribution is 9.10. The van der Waals surface area contributed by atoms with Crippen molar-refractivity contribution in [3.05, 3.63) is 69.4 Å². The van der Waals surface area contributed by atoms with E-state index in [-0.39, 0.29) is 11.7 Å². The van der Waals surface area contributed by atoms with Crippen molar-refractivity contribution in [3.8, 4) is 0 Å². The normalized spacial score (nSPS) is 10.3. The molecular formula is C15H13BrFNO. The summed E-state index contributed by atoms with van der Waals surface area (Å²) in [5.41, 5.74) is 1.91. The van der Waals surface area contributed by atoms with Gasteiger partial charge < -0.3 is 5.32 Å². The van der Waals surface area contributed by atoms with Crippen LogP contribution in [0, 0.1) is 12.7 Å². The summed E-state index contributed by atoms with van der Waals surface area (Å²) < 4.78 is 14.2. The van der Waals surface area contributed by atoms with E-state index in [0.29, 0.717) is 17.7 Å². The van der Waals surface area contributed by atoms with E-state index in [1.807, 2.05) is 6.07 Å². The third-order valence-electron chi connectivity index (χ3n) is 2.78. The summed E-state index contributed by atoms with van der Waals surface area (Å²) in [6.45, 7) is 2.02. The number of rotatable bonds is 3. The summed E-state index contributed by atoms with van der Waals surface area (Å²) >= 11 is 3.31. The number of amides is 1. The van der Waals surface area contributed by atoms with Crippen LogP contribution >= 0.6 is 15.9 Å². The first-order valence-corrected chi connectivity index (χ1v) is 6.64. The molecule has 0 bridgehead atoms. The number of carbonyl (C=O) groups is 1. The second kappa shape index (κ2) is 5.97. The molecular weight excluding hydrogens is 309 g/mol. The van der Waals surface area contributed by atoms with Gasteiger partial charge in [0.05, 0.1) is 0 Å². The van der Waals surface area contributed by atoms with Gasteiger partial charge in [-0.3, -0.25) is 4.79 Å². The van der Waals surface area contributed by atoms with Crippen LogP contribution in [-0.2, 0) is 6.54 Å². The van der Waals surface area contributed by atoms with Crippen molar-refractivity contribution in [1.82, 2.24) is 5.32 Å². The Morgan fingerprint density at radius 2 is 2.05 bits per heavy atom. The summed E-state index contributed by atoms with van der Waals surface area (Å²) in [6.07, 6.45) is 0. The van der Waals surface area contributed by atoms with E-state index in [1.165, 1.54) is 6.07 Å². The molecule has 1 amide bonds. The van der Waals surface area contributed by atoms with E-state index in [9.17, 15) is 9.18 Å². The maximum atomic E-state index is 13.4. The van der Waals surface area contributed by atoms with E-state index in [1.54, 1.807) is 37.3 Å². The Morgan fingerprint density at radius 3 is 2.74 bits per heavy atom. The van der Waals surface area contributed by atoms with E-state index >= 15 is 0 Å². The second-order valence-electron chi connectivity index (χ2n) is 4.28. The summed E-state index contributed by atoms with van der Waals surface area (Å²) in [6, 6.07) is 12.1. The number of halogens is 2. The topological polar surface area (TPSA) is 29.1 Å². The van der Waals surface area contributed by atoms with Crippen molar-refractivity contribution in [2.75, 3.05) is 0 Å². The Morgan fingerprint density at radius 1 is 1.26 bits per heavy atom. The van der Waals surface area contributed by atoms with Gasteiger partial charge in [0.25, 0.3) is 5.91 Å². The number of benzene rings is 2. The number of hydrogen-bond acceptors (Lipinski definition) is 1. The molecule has 0 radical (unpaired) electrons. The molecule has 2 aromatic carbocycles. The zero-order valence-electron chi connectivity index (χ0n) is 10.4. The fourth-order valence-electron chi connectivity index (χ4n) is 1.66. The second-order valence-corrected chi connectivity index (χ2v) is 5.19. The molecule has 0 aliphatic heterocycles. The molecule has 2 nitrogen and oxygen atoms in total. The first-order valence-electron chi connectivity index (χ1n) is 5.85. The zero-order valence-corrected chi connectivity index (χ0v) is 12.0. The third-order valence-corrected chi connectivity index (χ3v) is 3.27. The molecule has 2 rings (SSSR count). The Kier molecular flexibility index (Phi) is 4.32. The van der Waals surface area contributed by atoms with Crippen molar-refractivity contribution in [2.45, 2.75) is 13.5 Å². The van der Waals surface area contributed by atoms with Crippen molar-refractivity contribution >= 4 is 21.8 Å². The van der Waals surface area contributed by atoms with Crippen LogP contribution in [0.2, 0.25) is 0 Å². The van der Waals surface area contributed by atoms with E-state index < -0.39 is 0 Å². The Balaban J connectivity index is 2.02. The maximum absolute atomic E-state index is 13.4. The largest absolute Gasteiger partial charge is 0.348 e. The van der Waals surface area contributed by atoms with Gasteiger partial charge in [0.1, 0.15) is 5.82 Å². The minimum atomic E-state index is -0.255. The summed E-state index contributed by atoms with van der Waals surface area (Å²) in [7, 11) is 0. The fraction of sp³-hybridized carbons (Fsp3) is 0.133. The highest BCUT2D eigenvalue weighted by Crippen LogP contribution is 2.12. The standard InChI is InChI=1S/C15H13BrFNO/c1-10-5-6-11(7-14(10)17)9-18-15(19)12-3-2-4-13(16)8-12/h2-8H,9H2,1H3,(H,18,19). The molecule has 0 aliphatic rings. The molecule has 19 heavy (non-hydrogen) atoms. The zero-order chi connectivity index (χ0) is 13.8. The average Bonchev–Trinajstić information content (AvgIpc) is 2.40. The van der Waals surface area contributed by atoms with Crippen LogP contribution in [-0.4, -0.2) is 5.91 Å². The van der Waals surface area contributed by atoms with Gasteiger partial charge in [-0.2, -0.15) is 0 Å². The lowest BCUT2D eigenvalue weighted by Crippen LogP contribution is -2.22. The van der Waals surface area contributed by atoms with Crippen LogP contribution in [0.4, 0.5) is 4.39 Å². The van der Waals surface area contributed by atoms with Crippen molar-refractivity contribution in [3.63, 3.8) is 0 Å². The molecule has 98 valence electrons. The van der Waals surface area contributed by atoms with Crippen LogP contribution in [0.5, 0.6) is 0 Å². The Bertz CT molecular complexity index is 613. The van der Waals surface area contributed by atoms with Gasteiger partial charge in [-0.05, 0) is 42.3 Å². The maximum Gasteiger partial charge on any atom is 0.251 e. The molecule has 0 aliphatic carbocycles. The smallest absolute Gasteiger partial charge is 0.251 e. The predicted octanol–water partition coefficient (Wildman–Crippen LogP) is 3.83. The summed E-state index contributed by atoms with van der Waals surface area (Å²) in [4.78, 5) is 11.9. The minimum absolute atomic E-state index is 0.178. The van der Waals surface area contributed by atoms with Crippen LogP contribution in [0.25, 0.3) is 0 Å². The van der Waals surface area contributed by atoms with Gasteiger partial charge in [-0.1, -0.05) is 34.1 Å². The first kappa shape index (κ1) is 13.7. The molecule has 0 spiro atoms. The van der Waals surface area contributed by atoms with Gasteiger partial charge in [0, 0.05) is 16.6 Å². The van der Waals surface area contributed by atoms with Gasteiger partial charge >= 0.3 is 0 Å². The van der Waals surface area contributed by atoms with Crippen LogP contribution < -0.4 is 5.32 Å².